The Balaban J connectivity index is 1.34. The summed E-state index contributed by atoms with van der Waals surface area (Å²) in [7, 11) is 0. The van der Waals surface area contributed by atoms with E-state index < -0.39 is 5.60 Å². The summed E-state index contributed by atoms with van der Waals surface area (Å²) in [6.07, 6.45) is 1.73. The van der Waals surface area contributed by atoms with Crippen molar-refractivity contribution in [1.82, 2.24) is 20.0 Å². The average Bonchev–Trinajstić information content (AvgIpc) is 2.57. The van der Waals surface area contributed by atoms with Gasteiger partial charge in [0.05, 0.1) is 0 Å². The highest BCUT2D eigenvalue weighted by molar-refractivity contribution is 5.79. The van der Waals surface area contributed by atoms with Crippen molar-refractivity contribution >= 4 is 12.0 Å². The molecule has 3 fully saturated rings. The maximum atomic E-state index is 12.6. The number of ether oxygens (including phenoxy) is 1. The molecule has 0 unspecified atom stereocenters. The second-order valence-corrected chi connectivity index (χ2v) is 8.90. The molecule has 3 heterocycles. The molecule has 1 N–H and O–H groups in total. The number of nitrogens with zero attached hydrogens (tertiary/aromatic N) is 3. The topological polar surface area (TPSA) is 65.1 Å². The first-order valence-electron chi connectivity index (χ1n) is 10.0. The van der Waals surface area contributed by atoms with Crippen molar-refractivity contribution in [3.8, 4) is 0 Å². The van der Waals surface area contributed by atoms with Gasteiger partial charge in [-0.3, -0.25) is 4.79 Å². The van der Waals surface area contributed by atoms with Crippen LogP contribution in [0.1, 0.15) is 33.6 Å². The zero-order chi connectivity index (χ0) is 18.7. The minimum Gasteiger partial charge on any atom is -0.444 e. The predicted octanol–water partition coefficient (Wildman–Crippen LogP) is 0.997. The normalized spacial score (nSPS) is 23.7. The summed E-state index contributed by atoms with van der Waals surface area (Å²) in [4.78, 5) is 30.9. The van der Waals surface area contributed by atoms with Crippen LogP contribution in [-0.4, -0.2) is 91.2 Å². The van der Waals surface area contributed by atoms with Crippen molar-refractivity contribution in [1.29, 1.82) is 0 Å². The zero-order valence-corrected chi connectivity index (χ0v) is 16.5. The van der Waals surface area contributed by atoms with E-state index in [0.717, 1.165) is 71.7 Å². The summed E-state index contributed by atoms with van der Waals surface area (Å²) in [6.45, 7) is 13.8. The Morgan fingerprint density at radius 3 is 2.19 bits per heavy atom. The molecule has 7 nitrogen and oxygen atoms in total. The quantitative estimate of drug-likeness (QED) is 0.807. The smallest absolute Gasteiger partial charge is 0.410 e. The second kappa shape index (κ2) is 8.13. The lowest BCUT2D eigenvalue weighted by molar-refractivity contribution is -0.137. The van der Waals surface area contributed by atoms with Gasteiger partial charge in [0.2, 0.25) is 5.91 Å². The molecule has 3 aliphatic rings. The van der Waals surface area contributed by atoms with Gasteiger partial charge in [-0.2, -0.15) is 0 Å². The minimum atomic E-state index is -0.430. The number of carbonyl (C=O) groups is 2. The summed E-state index contributed by atoms with van der Waals surface area (Å²) in [5.41, 5.74) is -0.430. The number of carbonyl (C=O) groups excluding carboxylic acids is 2. The van der Waals surface area contributed by atoms with Crippen molar-refractivity contribution < 1.29 is 14.3 Å². The Labute approximate surface area is 157 Å². The molecule has 3 saturated heterocycles. The van der Waals surface area contributed by atoms with Gasteiger partial charge in [-0.1, -0.05) is 0 Å². The number of amides is 2. The molecule has 3 rings (SSSR count). The van der Waals surface area contributed by atoms with E-state index in [2.05, 4.69) is 10.2 Å². The van der Waals surface area contributed by atoms with Crippen LogP contribution >= 0.6 is 0 Å². The molecule has 0 aromatic carbocycles. The summed E-state index contributed by atoms with van der Waals surface area (Å²) in [5.74, 6) is 1.08. The predicted molar refractivity (Wildman–Crippen MR) is 99.9 cm³/mol. The molecule has 2 amide bonds. The Kier molecular flexibility index (Phi) is 6.07. The summed E-state index contributed by atoms with van der Waals surface area (Å²) in [6, 6.07) is 0. The SMILES string of the molecule is CC(C)(C)OC(=O)N1CC(CN2CCC(C(=O)N3CCNCC3)CC2)C1. The first-order chi connectivity index (χ1) is 12.3. The number of hydrogen-bond donors (Lipinski definition) is 1. The number of hydrogen-bond acceptors (Lipinski definition) is 5. The van der Waals surface area contributed by atoms with Crippen LogP contribution in [0.5, 0.6) is 0 Å². The van der Waals surface area contributed by atoms with Gasteiger partial charge >= 0.3 is 6.09 Å². The van der Waals surface area contributed by atoms with Crippen LogP contribution in [0.2, 0.25) is 0 Å². The van der Waals surface area contributed by atoms with E-state index >= 15 is 0 Å². The van der Waals surface area contributed by atoms with Gasteiger partial charge in [0, 0.05) is 57.6 Å². The summed E-state index contributed by atoms with van der Waals surface area (Å²) >= 11 is 0. The van der Waals surface area contributed by atoms with Crippen LogP contribution in [0.25, 0.3) is 0 Å². The van der Waals surface area contributed by atoms with E-state index in [9.17, 15) is 9.59 Å². The van der Waals surface area contributed by atoms with E-state index in [1.165, 1.54) is 0 Å². The molecular weight excluding hydrogens is 332 g/mol. The van der Waals surface area contributed by atoms with Crippen molar-refractivity contribution in [2.24, 2.45) is 11.8 Å². The second-order valence-electron chi connectivity index (χ2n) is 8.90. The minimum absolute atomic E-state index is 0.198. The molecule has 0 atom stereocenters. The van der Waals surface area contributed by atoms with E-state index in [-0.39, 0.29) is 12.0 Å². The van der Waals surface area contributed by atoms with Crippen LogP contribution in [0.3, 0.4) is 0 Å². The third-order valence-corrected chi connectivity index (χ3v) is 5.49. The highest BCUT2D eigenvalue weighted by Crippen LogP contribution is 2.24. The maximum Gasteiger partial charge on any atom is 0.410 e. The van der Waals surface area contributed by atoms with Gasteiger partial charge in [-0.25, -0.2) is 4.79 Å². The zero-order valence-electron chi connectivity index (χ0n) is 16.5. The highest BCUT2D eigenvalue weighted by Gasteiger charge is 2.36. The lowest BCUT2D eigenvalue weighted by atomic mass is 9.93. The number of piperidine rings is 1. The Morgan fingerprint density at radius 1 is 1.00 bits per heavy atom. The highest BCUT2D eigenvalue weighted by atomic mass is 16.6. The van der Waals surface area contributed by atoms with Gasteiger partial charge in [0.25, 0.3) is 0 Å². The first-order valence-corrected chi connectivity index (χ1v) is 10.0. The van der Waals surface area contributed by atoms with Gasteiger partial charge in [-0.05, 0) is 46.7 Å². The van der Waals surface area contributed by atoms with Crippen molar-refractivity contribution in [3.63, 3.8) is 0 Å². The fraction of sp³-hybridized carbons (Fsp3) is 0.895. The van der Waals surface area contributed by atoms with E-state index in [1.807, 2.05) is 25.7 Å². The monoisotopic (exact) mass is 366 g/mol. The van der Waals surface area contributed by atoms with E-state index in [1.54, 1.807) is 4.90 Å². The number of rotatable bonds is 3. The Morgan fingerprint density at radius 2 is 1.62 bits per heavy atom. The number of piperazine rings is 1. The molecule has 0 saturated carbocycles. The van der Waals surface area contributed by atoms with Crippen LogP contribution in [0.4, 0.5) is 4.79 Å². The van der Waals surface area contributed by atoms with Gasteiger partial charge in [0.15, 0.2) is 0 Å². The van der Waals surface area contributed by atoms with Gasteiger partial charge < -0.3 is 24.8 Å². The van der Waals surface area contributed by atoms with E-state index in [0.29, 0.717) is 11.8 Å². The average molecular weight is 367 g/mol. The molecular formula is C19H34N4O3. The molecule has 0 aromatic heterocycles. The molecule has 26 heavy (non-hydrogen) atoms. The molecule has 7 heteroatoms. The Bertz CT molecular complexity index is 499. The molecule has 0 aliphatic carbocycles. The summed E-state index contributed by atoms with van der Waals surface area (Å²) < 4.78 is 5.40. The van der Waals surface area contributed by atoms with Crippen LogP contribution in [0, 0.1) is 11.8 Å². The fourth-order valence-electron chi connectivity index (χ4n) is 4.03. The molecule has 0 aromatic rings. The van der Waals surface area contributed by atoms with Crippen molar-refractivity contribution in [3.05, 3.63) is 0 Å². The lowest BCUT2D eigenvalue weighted by Gasteiger charge is -2.43. The summed E-state index contributed by atoms with van der Waals surface area (Å²) in [5, 5.41) is 3.30. The van der Waals surface area contributed by atoms with Gasteiger partial charge in [-0.15, -0.1) is 0 Å². The standard InChI is InChI=1S/C19H34N4O3/c1-19(2,3)26-18(25)23-13-15(14-23)12-21-8-4-16(5-9-21)17(24)22-10-6-20-7-11-22/h15-16,20H,4-14H2,1-3H3. The molecule has 0 radical (unpaired) electrons. The third kappa shape index (κ3) is 5.10. The van der Waals surface area contributed by atoms with Crippen LogP contribution in [0.15, 0.2) is 0 Å². The van der Waals surface area contributed by atoms with Crippen LogP contribution in [-0.2, 0) is 9.53 Å². The third-order valence-electron chi connectivity index (χ3n) is 5.49. The molecule has 0 spiro atoms. The molecule has 3 aliphatic heterocycles. The fourth-order valence-corrected chi connectivity index (χ4v) is 4.03. The van der Waals surface area contributed by atoms with Crippen molar-refractivity contribution in [2.75, 3.05) is 58.9 Å². The number of likely N-dealkylation sites (tertiary alicyclic amines) is 2. The maximum absolute atomic E-state index is 12.6. The number of nitrogens with one attached hydrogen (secondary N) is 1. The first kappa shape index (κ1) is 19.4. The largest absolute Gasteiger partial charge is 0.444 e. The van der Waals surface area contributed by atoms with E-state index in [4.69, 9.17) is 4.74 Å². The molecule has 0 bridgehead atoms. The lowest BCUT2D eigenvalue weighted by Crippen LogP contribution is -2.56. The van der Waals surface area contributed by atoms with Crippen molar-refractivity contribution in [2.45, 2.75) is 39.2 Å². The van der Waals surface area contributed by atoms with Gasteiger partial charge in [0.1, 0.15) is 5.60 Å². The van der Waals surface area contributed by atoms with Crippen LogP contribution < -0.4 is 5.32 Å². The molecule has 148 valence electrons. The Hall–Kier alpha value is -1.34.